The lowest BCUT2D eigenvalue weighted by Crippen LogP contribution is -2.28. The Hall–Kier alpha value is -1.14. The molecule has 0 aromatic heterocycles. The maximum absolute atomic E-state index is 12.5. The fourth-order valence-corrected chi connectivity index (χ4v) is 7.46. The molecule has 0 unspecified atom stereocenters. The SMILES string of the molecule is CCCCCCCCCC(=O)OC(C)(C)CCCCCCN(CCCCO)CCCCCCCC(=O)OCC(CCCCCCC)CCCCCCC. The van der Waals surface area contributed by atoms with Crippen molar-refractivity contribution in [3.63, 3.8) is 0 Å². The highest BCUT2D eigenvalue weighted by atomic mass is 16.6. The molecule has 0 saturated carbocycles. The van der Waals surface area contributed by atoms with Gasteiger partial charge in [0.05, 0.1) is 6.61 Å². The molecule has 0 aromatic carbocycles. The number of ether oxygens (including phenoxy) is 2. The van der Waals surface area contributed by atoms with E-state index in [2.05, 4.69) is 39.5 Å². The summed E-state index contributed by atoms with van der Waals surface area (Å²) >= 11 is 0. The number of aliphatic hydroxyl groups is 1. The monoisotopic (exact) mass is 752 g/mol. The van der Waals surface area contributed by atoms with Gasteiger partial charge in [-0.25, -0.2) is 0 Å². The van der Waals surface area contributed by atoms with Crippen molar-refractivity contribution in [3.8, 4) is 0 Å². The van der Waals surface area contributed by atoms with E-state index in [4.69, 9.17) is 9.47 Å². The van der Waals surface area contributed by atoms with Crippen LogP contribution in [0, 0.1) is 5.92 Å². The van der Waals surface area contributed by atoms with E-state index in [0.29, 0.717) is 25.4 Å². The van der Waals surface area contributed by atoms with Crippen LogP contribution in [0.4, 0.5) is 0 Å². The zero-order chi connectivity index (χ0) is 39.1. The standard InChI is InChI=1S/C47H93NO5/c1-6-9-12-15-16-20-28-37-46(51)53-47(4,5)38-29-22-24-31-40-48(41-32-33-42-49)39-30-23-17-21-27-36-45(50)52-43-44(34-25-18-13-10-7-2)35-26-19-14-11-8-3/h44,49H,6-43H2,1-5H3. The predicted octanol–water partition coefficient (Wildman–Crippen LogP) is 13.7. The zero-order valence-corrected chi connectivity index (χ0v) is 36.5. The first kappa shape index (κ1) is 51.9. The number of nitrogens with zero attached hydrogens (tertiary/aromatic N) is 1. The Balaban J connectivity index is 4.17. The quantitative estimate of drug-likeness (QED) is 0.0494. The van der Waals surface area contributed by atoms with E-state index in [1.165, 1.54) is 148 Å². The molecule has 0 bridgehead atoms. The van der Waals surface area contributed by atoms with Gasteiger partial charge in [-0.2, -0.15) is 0 Å². The molecule has 0 aliphatic rings. The highest BCUT2D eigenvalue weighted by molar-refractivity contribution is 5.69. The lowest BCUT2D eigenvalue weighted by Gasteiger charge is -2.25. The van der Waals surface area contributed by atoms with Crippen molar-refractivity contribution >= 4 is 11.9 Å². The molecule has 0 rings (SSSR count). The minimum atomic E-state index is -0.377. The highest BCUT2D eigenvalue weighted by Crippen LogP contribution is 2.22. The lowest BCUT2D eigenvalue weighted by molar-refractivity contribution is -0.157. The first-order chi connectivity index (χ1) is 25.8. The maximum Gasteiger partial charge on any atom is 0.306 e. The number of carbonyl (C=O) groups excluding carboxylic acids is 2. The molecule has 0 aromatic rings. The normalized spacial score (nSPS) is 11.9. The van der Waals surface area contributed by atoms with Gasteiger partial charge in [0.15, 0.2) is 0 Å². The number of carbonyl (C=O) groups is 2. The van der Waals surface area contributed by atoms with Gasteiger partial charge in [0.1, 0.15) is 5.60 Å². The molecule has 6 heteroatoms. The van der Waals surface area contributed by atoms with Gasteiger partial charge in [-0.05, 0) is 104 Å². The molecule has 0 saturated heterocycles. The van der Waals surface area contributed by atoms with Crippen LogP contribution in [0.15, 0.2) is 0 Å². The topological polar surface area (TPSA) is 76.1 Å². The van der Waals surface area contributed by atoms with Crippen LogP contribution in [-0.4, -0.2) is 60.4 Å². The fraction of sp³-hybridized carbons (Fsp3) is 0.957. The van der Waals surface area contributed by atoms with Crippen molar-refractivity contribution in [2.24, 2.45) is 5.92 Å². The van der Waals surface area contributed by atoms with Crippen LogP contribution in [0.3, 0.4) is 0 Å². The summed E-state index contributed by atoms with van der Waals surface area (Å²) < 4.78 is 11.6. The average Bonchev–Trinajstić information content (AvgIpc) is 3.13. The third-order valence-corrected chi connectivity index (χ3v) is 11.0. The van der Waals surface area contributed by atoms with Gasteiger partial charge >= 0.3 is 11.9 Å². The minimum Gasteiger partial charge on any atom is -0.465 e. The summed E-state index contributed by atoms with van der Waals surface area (Å²) in [4.78, 5) is 27.5. The molecule has 0 aliphatic carbocycles. The Labute approximate surface area is 331 Å². The van der Waals surface area contributed by atoms with Crippen LogP contribution < -0.4 is 0 Å². The highest BCUT2D eigenvalue weighted by Gasteiger charge is 2.22. The van der Waals surface area contributed by atoms with Crippen molar-refractivity contribution in [1.29, 1.82) is 0 Å². The Bertz CT molecular complexity index is 773. The zero-order valence-electron chi connectivity index (χ0n) is 36.5. The van der Waals surface area contributed by atoms with Crippen LogP contribution in [0.2, 0.25) is 0 Å². The summed E-state index contributed by atoms with van der Waals surface area (Å²) in [6, 6.07) is 0. The van der Waals surface area contributed by atoms with Crippen LogP contribution in [0.1, 0.15) is 247 Å². The average molecular weight is 752 g/mol. The van der Waals surface area contributed by atoms with E-state index in [0.717, 1.165) is 71.0 Å². The predicted molar refractivity (Wildman–Crippen MR) is 228 cm³/mol. The number of unbranched alkanes of at least 4 members (excludes halogenated alkanes) is 22. The van der Waals surface area contributed by atoms with Crippen molar-refractivity contribution < 1.29 is 24.2 Å². The Morgan fingerprint density at radius 1 is 0.509 bits per heavy atom. The van der Waals surface area contributed by atoms with Crippen LogP contribution in [0.25, 0.3) is 0 Å². The number of hydrogen-bond donors (Lipinski definition) is 1. The number of hydrogen-bond acceptors (Lipinski definition) is 6. The molecular formula is C47H93NO5. The molecule has 0 heterocycles. The van der Waals surface area contributed by atoms with E-state index >= 15 is 0 Å². The molecule has 6 nitrogen and oxygen atoms in total. The summed E-state index contributed by atoms with van der Waals surface area (Å²) in [5.74, 6) is 0.510. The Morgan fingerprint density at radius 2 is 0.906 bits per heavy atom. The second-order valence-electron chi connectivity index (χ2n) is 17.0. The first-order valence-corrected chi connectivity index (χ1v) is 23.5. The molecule has 0 radical (unpaired) electrons. The number of rotatable bonds is 42. The van der Waals surface area contributed by atoms with E-state index in [1.54, 1.807) is 0 Å². The van der Waals surface area contributed by atoms with Gasteiger partial charge in [-0.3, -0.25) is 9.59 Å². The Morgan fingerprint density at radius 3 is 1.40 bits per heavy atom. The number of aliphatic hydroxyl groups excluding tert-OH is 1. The third-order valence-electron chi connectivity index (χ3n) is 11.0. The van der Waals surface area contributed by atoms with E-state index in [1.807, 2.05) is 0 Å². The van der Waals surface area contributed by atoms with Gasteiger partial charge in [-0.15, -0.1) is 0 Å². The van der Waals surface area contributed by atoms with E-state index < -0.39 is 0 Å². The van der Waals surface area contributed by atoms with Gasteiger partial charge in [-0.1, -0.05) is 156 Å². The van der Waals surface area contributed by atoms with E-state index in [9.17, 15) is 14.7 Å². The Kier molecular flexibility index (Phi) is 38.3. The number of esters is 2. The maximum atomic E-state index is 12.5. The summed E-state index contributed by atoms with van der Waals surface area (Å²) in [6.07, 6.45) is 38.2. The lowest BCUT2D eigenvalue weighted by atomic mass is 9.95. The fourth-order valence-electron chi connectivity index (χ4n) is 7.46. The molecule has 1 N–H and O–H groups in total. The molecule has 53 heavy (non-hydrogen) atoms. The van der Waals surface area contributed by atoms with Crippen molar-refractivity contribution in [1.82, 2.24) is 4.90 Å². The van der Waals surface area contributed by atoms with Crippen molar-refractivity contribution in [3.05, 3.63) is 0 Å². The van der Waals surface area contributed by atoms with Crippen LogP contribution >= 0.6 is 0 Å². The summed E-state index contributed by atoms with van der Waals surface area (Å²) in [6.45, 7) is 15.1. The molecule has 0 amide bonds. The molecule has 0 fully saturated rings. The van der Waals surface area contributed by atoms with Gasteiger partial charge < -0.3 is 19.5 Å². The molecular weight excluding hydrogens is 659 g/mol. The second-order valence-corrected chi connectivity index (χ2v) is 17.0. The van der Waals surface area contributed by atoms with Gasteiger partial charge in [0.2, 0.25) is 0 Å². The van der Waals surface area contributed by atoms with Crippen molar-refractivity contribution in [2.75, 3.05) is 32.8 Å². The molecule has 0 aliphatic heterocycles. The first-order valence-electron chi connectivity index (χ1n) is 23.5. The molecule has 316 valence electrons. The van der Waals surface area contributed by atoms with Crippen LogP contribution in [-0.2, 0) is 19.1 Å². The molecule has 0 atom stereocenters. The summed E-state index contributed by atoms with van der Waals surface area (Å²) in [5.41, 5.74) is -0.377. The largest absolute Gasteiger partial charge is 0.465 e. The smallest absolute Gasteiger partial charge is 0.306 e. The van der Waals surface area contributed by atoms with Gasteiger partial charge in [0, 0.05) is 19.4 Å². The third kappa shape index (κ3) is 37.6. The van der Waals surface area contributed by atoms with Gasteiger partial charge in [0.25, 0.3) is 0 Å². The minimum absolute atomic E-state index is 0.00500. The summed E-state index contributed by atoms with van der Waals surface area (Å²) in [7, 11) is 0. The van der Waals surface area contributed by atoms with Crippen molar-refractivity contribution in [2.45, 2.75) is 252 Å². The molecule has 0 spiro atoms. The van der Waals surface area contributed by atoms with Crippen LogP contribution in [0.5, 0.6) is 0 Å². The summed E-state index contributed by atoms with van der Waals surface area (Å²) in [5, 5.41) is 9.30. The second kappa shape index (κ2) is 39.1. The van der Waals surface area contributed by atoms with E-state index in [-0.39, 0.29) is 24.1 Å².